The van der Waals surface area contributed by atoms with Crippen LogP contribution in [0.3, 0.4) is 0 Å². The Hall–Kier alpha value is -2.21. The number of thiazole rings is 1. The van der Waals surface area contributed by atoms with Crippen LogP contribution in [-0.4, -0.2) is 33.5 Å². The number of aromatic nitrogens is 1. The van der Waals surface area contributed by atoms with Crippen LogP contribution in [0.4, 0.5) is 10.8 Å². The van der Waals surface area contributed by atoms with Gasteiger partial charge in [0.15, 0.2) is 5.13 Å². The second-order valence-electron chi connectivity index (χ2n) is 7.44. The largest absolute Gasteiger partial charge is 0.273 e. The first-order chi connectivity index (χ1) is 13.9. The predicted octanol–water partition coefficient (Wildman–Crippen LogP) is 3.45. The lowest BCUT2D eigenvalue weighted by molar-refractivity contribution is -0.123. The first-order valence-corrected chi connectivity index (χ1v) is 12.9. The molecule has 1 aliphatic rings. The van der Waals surface area contributed by atoms with Crippen molar-refractivity contribution >= 4 is 69.9 Å². The normalized spacial score (nSPS) is 18.1. The van der Waals surface area contributed by atoms with E-state index in [0.717, 1.165) is 20.3 Å². The maximum absolute atomic E-state index is 12.7. The molecule has 1 saturated heterocycles. The molecule has 0 spiro atoms. The standard InChI is InChI=1S/C18H16ClN3O5S3/c1-18(2)10-29(24,25)22(16(18)23)12-4-6-13(7-5-12)30(26,27)21-17-20-14-8-3-11(19)9-15(14)28-17/h3-9H,10H2,1-2H3,(H,20,21). The van der Waals surface area contributed by atoms with Crippen LogP contribution in [0.25, 0.3) is 10.2 Å². The van der Waals surface area contributed by atoms with Crippen molar-refractivity contribution < 1.29 is 21.6 Å². The Kier molecular flexibility index (Phi) is 4.84. The number of carbonyl (C=O) groups excluding carboxylic acids is 1. The van der Waals surface area contributed by atoms with E-state index in [1.165, 1.54) is 24.3 Å². The highest BCUT2D eigenvalue weighted by molar-refractivity contribution is 7.94. The topological polar surface area (TPSA) is 114 Å². The third-order valence-electron chi connectivity index (χ3n) is 4.54. The first kappa shape index (κ1) is 21.0. The van der Waals surface area contributed by atoms with Crippen LogP contribution in [0.15, 0.2) is 47.4 Å². The summed E-state index contributed by atoms with van der Waals surface area (Å²) < 4.78 is 54.0. The van der Waals surface area contributed by atoms with Gasteiger partial charge in [-0.3, -0.25) is 9.52 Å². The number of carbonyl (C=O) groups is 1. The minimum atomic E-state index is -3.96. The van der Waals surface area contributed by atoms with E-state index >= 15 is 0 Å². The molecule has 0 atom stereocenters. The van der Waals surface area contributed by atoms with Crippen LogP contribution < -0.4 is 9.03 Å². The first-order valence-electron chi connectivity index (χ1n) is 8.65. The number of rotatable bonds is 4. The number of anilines is 2. The lowest BCUT2D eigenvalue weighted by atomic mass is 9.95. The fraction of sp³-hybridized carbons (Fsp3) is 0.222. The summed E-state index contributed by atoms with van der Waals surface area (Å²) in [5, 5.41) is 0.695. The number of benzene rings is 2. The van der Waals surface area contributed by atoms with Crippen LogP contribution in [0, 0.1) is 5.41 Å². The van der Waals surface area contributed by atoms with E-state index in [1.807, 2.05) is 0 Å². The summed E-state index contributed by atoms with van der Waals surface area (Å²) in [5.41, 5.74) is -0.335. The average Bonchev–Trinajstić information content (AvgIpc) is 3.08. The Morgan fingerprint density at radius 3 is 2.43 bits per heavy atom. The molecule has 158 valence electrons. The monoisotopic (exact) mass is 485 g/mol. The second-order valence-corrected chi connectivity index (χ2v) is 12.4. The van der Waals surface area contributed by atoms with Crippen LogP contribution >= 0.6 is 22.9 Å². The van der Waals surface area contributed by atoms with Gasteiger partial charge < -0.3 is 0 Å². The van der Waals surface area contributed by atoms with Crippen LogP contribution in [0.5, 0.6) is 0 Å². The number of nitrogens with one attached hydrogen (secondary N) is 1. The molecule has 8 nitrogen and oxygen atoms in total. The quantitative estimate of drug-likeness (QED) is 0.605. The van der Waals surface area contributed by atoms with E-state index in [4.69, 9.17) is 11.6 Å². The van der Waals surface area contributed by atoms with Crippen molar-refractivity contribution in [3.63, 3.8) is 0 Å². The summed E-state index contributed by atoms with van der Waals surface area (Å²) in [4.78, 5) is 16.6. The van der Waals surface area contributed by atoms with Crippen molar-refractivity contribution in [1.82, 2.24) is 4.98 Å². The third-order valence-corrected chi connectivity index (χ3v) is 9.21. The summed E-state index contributed by atoms with van der Waals surface area (Å²) in [7, 11) is -7.78. The zero-order valence-electron chi connectivity index (χ0n) is 15.8. The van der Waals surface area contributed by atoms with Gasteiger partial charge in [0.1, 0.15) is 0 Å². The maximum atomic E-state index is 12.7. The summed E-state index contributed by atoms with van der Waals surface area (Å²) in [6, 6.07) is 10.1. The maximum Gasteiger partial charge on any atom is 0.263 e. The van der Waals surface area contributed by atoms with Crippen molar-refractivity contribution in [3.8, 4) is 0 Å². The number of halogens is 1. The van der Waals surface area contributed by atoms with Gasteiger partial charge in [0.2, 0.25) is 15.9 Å². The molecule has 3 aromatic rings. The number of hydrogen-bond donors (Lipinski definition) is 1. The second kappa shape index (κ2) is 6.91. The Balaban J connectivity index is 1.62. The van der Waals surface area contributed by atoms with E-state index in [1.54, 1.807) is 32.0 Å². The number of fused-ring (bicyclic) bond motifs is 1. The van der Waals surface area contributed by atoms with Crippen molar-refractivity contribution in [2.75, 3.05) is 14.8 Å². The number of sulfonamides is 2. The van der Waals surface area contributed by atoms with E-state index < -0.39 is 31.4 Å². The molecular formula is C18H16ClN3O5S3. The Labute approximate surface area is 182 Å². The fourth-order valence-electron chi connectivity index (χ4n) is 3.14. The van der Waals surface area contributed by atoms with Crippen molar-refractivity contribution in [3.05, 3.63) is 47.5 Å². The van der Waals surface area contributed by atoms with Gasteiger partial charge in [-0.15, -0.1) is 0 Å². The molecule has 1 amide bonds. The van der Waals surface area contributed by atoms with Crippen LogP contribution in [0.1, 0.15) is 13.8 Å². The average molecular weight is 486 g/mol. The van der Waals surface area contributed by atoms with Gasteiger partial charge in [-0.1, -0.05) is 22.9 Å². The number of amides is 1. The number of hydrogen-bond acceptors (Lipinski definition) is 7. The van der Waals surface area contributed by atoms with Gasteiger partial charge in [0.05, 0.1) is 32.0 Å². The number of nitrogens with zero attached hydrogens (tertiary/aromatic N) is 2. The SMILES string of the molecule is CC1(C)CS(=O)(=O)N(c2ccc(S(=O)(=O)Nc3nc4ccc(Cl)cc4s3)cc2)C1=O. The van der Waals surface area contributed by atoms with Crippen molar-refractivity contribution in [1.29, 1.82) is 0 Å². The molecule has 0 unspecified atom stereocenters. The van der Waals surface area contributed by atoms with Gasteiger partial charge >= 0.3 is 0 Å². The molecular weight excluding hydrogens is 470 g/mol. The third kappa shape index (κ3) is 3.66. The van der Waals surface area contributed by atoms with Gasteiger partial charge in [0, 0.05) is 5.02 Å². The predicted molar refractivity (Wildman–Crippen MR) is 117 cm³/mol. The van der Waals surface area contributed by atoms with E-state index in [0.29, 0.717) is 10.5 Å². The van der Waals surface area contributed by atoms with Gasteiger partial charge in [-0.2, -0.15) is 0 Å². The van der Waals surface area contributed by atoms with Gasteiger partial charge in [-0.25, -0.2) is 26.1 Å². The van der Waals surface area contributed by atoms with E-state index in [-0.39, 0.29) is 21.5 Å². The highest BCUT2D eigenvalue weighted by Gasteiger charge is 2.49. The molecule has 30 heavy (non-hydrogen) atoms. The Morgan fingerprint density at radius 2 is 1.83 bits per heavy atom. The highest BCUT2D eigenvalue weighted by atomic mass is 35.5. The Morgan fingerprint density at radius 1 is 1.17 bits per heavy atom. The van der Waals surface area contributed by atoms with Crippen molar-refractivity contribution in [2.45, 2.75) is 18.7 Å². The molecule has 2 heterocycles. The molecule has 2 aromatic carbocycles. The Bertz CT molecular complexity index is 1380. The lowest BCUT2D eigenvalue weighted by Gasteiger charge is -2.17. The molecule has 0 radical (unpaired) electrons. The van der Waals surface area contributed by atoms with Gasteiger partial charge in [-0.05, 0) is 56.3 Å². The van der Waals surface area contributed by atoms with Gasteiger partial charge in [0.25, 0.3) is 10.0 Å². The molecule has 1 fully saturated rings. The van der Waals surface area contributed by atoms with E-state index in [9.17, 15) is 21.6 Å². The zero-order valence-corrected chi connectivity index (χ0v) is 19.0. The van der Waals surface area contributed by atoms with Crippen LogP contribution in [0.2, 0.25) is 5.02 Å². The molecule has 1 aromatic heterocycles. The lowest BCUT2D eigenvalue weighted by Crippen LogP contribution is -2.32. The van der Waals surface area contributed by atoms with Crippen LogP contribution in [-0.2, 0) is 24.8 Å². The smallest absolute Gasteiger partial charge is 0.263 e. The summed E-state index contributed by atoms with van der Waals surface area (Å²) in [5.74, 6) is -0.855. The summed E-state index contributed by atoms with van der Waals surface area (Å²) in [6.45, 7) is 3.11. The minimum absolute atomic E-state index is 0.0909. The molecule has 4 rings (SSSR count). The summed E-state index contributed by atoms with van der Waals surface area (Å²) >= 11 is 7.08. The molecule has 1 N–H and O–H groups in total. The minimum Gasteiger partial charge on any atom is -0.273 e. The molecule has 0 bridgehead atoms. The van der Waals surface area contributed by atoms with Crippen molar-refractivity contribution in [2.24, 2.45) is 5.41 Å². The molecule has 1 aliphatic heterocycles. The molecule has 12 heteroatoms. The fourth-order valence-corrected chi connectivity index (χ4v) is 7.62. The highest BCUT2D eigenvalue weighted by Crippen LogP contribution is 2.36. The van der Waals surface area contributed by atoms with E-state index in [2.05, 4.69) is 9.71 Å². The zero-order chi connectivity index (χ0) is 21.9. The molecule has 0 aliphatic carbocycles. The summed E-state index contributed by atoms with van der Waals surface area (Å²) in [6.07, 6.45) is 0. The molecule has 0 saturated carbocycles.